The summed E-state index contributed by atoms with van der Waals surface area (Å²) in [6.07, 6.45) is 2.00. The van der Waals surface area contributed by atoms with Crippen molar-refractivity contribution in [2.45, 2.75) is 26.8 Å². The van der Waals surface area contributed by atoms with Crippen LogP contribution in [-0.4, -0.2) is 45.5 Å². The van der Waals surface area contributed by atoms with Crippen LogP contribution in [0.3, 0.4) is 0 Å². The smallest absolute Gasteiger partial charge is 0.203 e. The highest BCUT2D eigenvalue weighted by Crippen LogP contribution is 2.15. The van der Waals surface area contributed by atoms with E-state index in [0.717, 1.165) is 11.6 Å². The summed E-state index contributed by atoms with van der Waals surface area (Å²) >= 11 is 0. The van der Waals surface area contributed by atoms with Crippen molar-refractivity contribution < 1.29 is 8.95 Å². The van der Waals surface area contributed by atoms with Crippen LogP contribution in [0.1, 0.15) is 25.6 Å². The number of nitrogens with zero attached hydrogens (tertiary/aromatic N) is 2. The third-order valence-electron chi connectivity index (χ3n) is 2.67. The zero-order valence-electron chi connectivity index (χ0n) is 11.6. The fourth-order valence-corrected chi connectivity index (χ4v) is 2.34. The van der Waals surface area contributed by atoms with E-state index >= 15 is 0 Å². The second kappa shape index (κ2) is 7.53. The Labute approximate surface area is 111 Å². The van der Waals surface area contributed by atoms with Crippen LogP contribution < -0.4 is 5.32 Å². The third kappa shape index (κ3) is 4.42. The van der Waals surface area contributed by atoms with Crippen molar-refractivity contribution in [3.05, 3.63) is 11.9 Å². The quantitative estimate of drug-likeness (QED) is 0.781. The van der Waals surface area contributed by atoms with E-state index in [0.29, 0.717) is 24.7 Å². The van der Waals surface area contributed by atoms with E-state index in [-0.39, 0.29) is 6.04 Å². The highest BCUT2D eigenvalue weighted by molar-refractivity contribution is 7.84. The first kappa shape index (κ1) is 15.2. The number of methoxy groups -OCH3 is 1. The number of anilines is 1. The number of ether oxygens (including phenoxy) is 1. The SMILES string of the molecule is CCS(=O)CCNc1nc(C)cn1C(C)COC. The van der Waals surface area contributed by atoms with Gasteiger partial charge in [0.2, 0.25) is 5.95 Å². The zero-order chi connectivity index (χ0) is 13.5. The van der Waals surface area contributed by atoms with Gasteiger partial charge in [-0.1, -0.05) is 6.92 Å². The van der Waals surface area contributed by atoms with Crippen molar-refractivity contribution in [2.24, 2.45) is 0 Å². The van der Waals surface area contributed by atoms with Crippen LogP contribution in [0, 0.1) is 6.92 Å². The third-order valence-corrected chi connectivity index (χ3v) is 3.97. The topological polar surface area (TPSA) is 56.2 Å². The number of aryl methyl sites for hydroxylation is 1. The second-order valence-corrected chi connectivity index (χ2v) is 6.14. The van der Waals surface area contributed by atoms with Crippen LogP contribution in [0.2, 0.25) is 0 Å². The van der Waals surface area contributed by atoms with Gasteiger partial charge >= 0.3 is 0 Å². The van der Waals surface area contributed by atoms with E-state index in [4.69, 9.17) is 4.74 Å². The Hall–Kier alpha value is -0.880. The maximum atomic E-state index is 11.4. The molecule has 0 radical (unpaired) electrons. The molecule has 0 fully saturated rings. The molecule has 2 unspecified atom stereocenters. The van der Waals surface area contributed by atoms with E-state index in [2.05, 4.69) is 21.8 Å². The predicted molar refractivity (Wildman–Crippen MR) is 75.6 cm³/mol. The lowest BCUT2D eigenvalue weighted by Crippen LogP contribution is -2.18. The highest BCUT2D eigenvalue weighted by Gasteiger charge is 2.11. The molecule has 1 rings (SSSR count). The van der Waals surface area contributed by atoms with E-state index in [1.54, 1.807) is 7.11 Å². The first-order valence-electron chi connectivity index (χ1n) is 6.21. The van der Waals surface area contributed by atoms with Crippen molar-refractivity contribution >= 4 is 16.7 Å². The molecular formula is C12H23N3O2S. The number of aromatic nitrogens is 2. The molecule has 104 valence electrons. The van der Waals surface area contributed by atoms with Crippen molar-refractivity contribution in [2.75, 3.05) is 37.1 Å². The largest absolute Gasteiger partial charge is 0.383 e. The second-order valence-electron chi connectivity index (χ2n) is 4.28. The Bertz CT molecular complexity index is 393. The molecule has 0 amide bonds. The fourth-order valence-electron chi connectivity index (χ4n) is 1.73. The summed E-state index contributed by atoms with van der Waals surface area (Å²) in [4.78, 5) is 4.43. The van der Waals surface area contributed by atoms with E-state index in [9.17, 15) is 4.21 Å². The minimum absolute atomic E-state index is 0.232. The molecule has 0 aliphatic carbocycles. The summed E-state index contributed by atoms with van der Waals surface area (Å²) in [6.45, 7) is 7.30. The van der Waals surface area contributed by atoms with Crippen LogP contribution in [0.5, 0.6) is 0 Å². The lowest BCUT2D eigenvalue weighted by Gasteiger charge is -2.15. The molecule has 1 N–H and O–H groups in total. The summed E-state index contributed by atoms with van der Waals surface area (Å²) in [7, 11) is 0.953. The van der Waals surface area contributed by atoms with Gasteiger partial charge in [-0.2, -0.15) is 0 Å². The molecule has 0 saturated carbocycles. The van der Waals surface area contributed by atoms with Crippen molar-refractivity contribution in [1.29, 1.82) is 0 Å². The van der Waals surface area contributed by atoms with Crippen molar-refractivity contribution in [3.8, 4) is 0 Å². The lowest BCUT2D eigenvalue weighted by molar-refractivity contribution is 0.163. The maximum Gasteiger partial charge on any atom is 0.203 e. The van der Waals surface area contributed by atoms with Crippen LogP contribution in [-0.2, 0) is 15.5 Å². The molecule has 5 nitrogen and oxygen atoms in total. The van der Waals surface area contributed by atoms with E-state index in [1.165, 1.54) is 0 Å². The zero-order valence-corrected chi connectivity index (χ0v) is 12.4. The molecule has 0 aliphatic rings. The Morgan fingerprint density at radius 3 is 2.94 bits per heavy atom. The number of nitrogens with one attached hydrogen (secondary N) is 1. The molecule has 0 aliphatic heterocycles. The molecule has 1 aromatic rings. The minimum atomic E-state index is -0.739. The summed E-state index contributed by atoms with van der Waals surface area (Å²) in [5, 5.41) is 3.24. The van der Waals surface area contributed by atoms with Gasteiger partial charge < -0.3 is 14.6 Å². The summed E-state index contributed by atoms with van der Waals surface area (Å²) in [6, 6.07) is 0.232. The number of hydrogen-bond acceptors (Lipinski definition) is 4. The first-order chi connectivity index (χ1) is 8.58. The fraction of sp³-hybridized carbons (Fsp3) is 0.750. The van der Waals surface area contributed by atoms with Crippen LogP contribution >= 0.6 is 0 Å². The standard InChI is InChI=1S/C12H23N3O2S/c1-5-18(16)7-6-13-12-14-10(2)8-15(12)11(3)9-17-4/h8,11H,5-7,9H2,1-4H3,(H,13,14). The van der Waals surface area contributed by atoms with Crippen LogP contribution in [0.15, 0.2) is 6.20 Å². The first-order valence-corrected chi connectivity index (χ1v) is 7.70. The van der Waals surface area contributed by atoms with E-state index < -0.39 is 10.8 Å². The molecule has 1 aromatic heterocycles. The summed E-state index contributed by atoms with van der Waals surface area (Å²) in [5.41, 5.74) is 0.970. The van der Waals surface area contributed by atoms with Gasteiger partial charge in [0, 0.05) is 42.2 Å². The van der Waals surface area contributed by atoms with Gasteiger partial charge in [0.05, 0.1) is 18.3 Å². The molecular weight excluding hydrogens is 250 g/mol. The molecule has 0 spiro atoms. The van der Waals surface area contributed by atoms with Crippen molar-refractivity contribution in [1.82, 2.24) is 9.55 Å². The van der Waals surface area contributed by atoms with Gasteiger partial charge in [-0.25, -0.2) is 4.98 Å². The predicted octanol–water partition coefficient (Wildman–Crippen LogP) is 1.58. The van der Waals surface area contributed by atoms with Gasteiger partial charge in [0.15, 0.2) is 0 Å². The molecule has 0 bridgehead atoms. The Morgan fingerprint density at radius 2 is 2.33 bits per heavy atom. The molecule has 0 saturated heterocycles. The van der Waals surface area contributed by atoms with Gasteiger partial charge in [-0.05, 0) is 13.8 Å². The maximum absolute atomic E-state index is 11.4. The highest BCUT2D eigenvalue weighted by atomic mass is 32.2. The molecule has 0 aromatic carbocycles. The molecule has 2 atom stereocenters. The molecule has 18 heavy (non-hydrogen) atoms. The molecule has 6 heteroatoms. The number of imidazole rings is 1. The van der Waals surface area contributed by atoms with E-state index in [1.807, 2.05) is 20.0 Å². The molecule has 1 heterocycles. The van der Waals surface area contributed by atoms with Crippen LogP contribution in [0.4, 0.5) is 5.95 Å². The normalized spacial score (nSPS) is 14.4. The number of hydrogen-bond donors (Lipinski definition) is 1. The Balaban J connectivity index is 2.61. The van der Waals surface area contributed by atoms with Crippen molar-refractivity contribution in [3.63, 3.8) is 0 Å². The van der Waals surface area contributed by atoms with Gasteiger partial charge in [-0.15, -0.1) is 0 Å². The number of rotatable bonds is 8. The van der Waals surface area contributed by atoms with Gasteiger partial charge in [0.25, 0.3) is 0 Å². The average Bonchev–Trinajstić information content (AvgIpc) is 2.70. The van der Waals surface area contributed by atoms with Crippen LogP contribution in [0.25, 0.3) is 0 Å². The Morgan fingerprint density at radius 1 is 1.61 bits per heavy atom. The van der Waals surface area contributed by atoms with Gasteiger partial charge in [-0.3, -0.25) is 4.21 Å². The average molecular weight is 273 g/mol. The Kier molecular flexibility index (Phi) is 6.35. The van der Waals surface area contributed by atoms with Gasteiger partial charge in [0.1, 0.15) is 0 Å². The monoisotopic (exact) mass is 273 g/mol. The lowest BCUT2D eigenvalue weighted by atomic mass is 10.3. The minimum Gasteiger partial charge on any atom is -0.383 e. The summed E-state index contributed by atoms with van der Waals surface area (Å²) < 4.78 is 18.6. The summed E-state index contributed by atoms with van der Waals surface area (Å²) in [5.74, 6) is 2.18.